The zero-order valence-corrected chi connectivity index (χ0v) is 7.91. The summed E-state index contributed by atoms with van der Waals surface area (Å²) in [5.41, 5.74) is 1.10. The van der Waals surface area contributed by atoms with Crippen LogP contribution < -0.4 is 5.32 Å². The Morgan fingerprint density at radius 1 is 1.29 bits per heavy atom. The molecule has 3 heteroatoms. The van der Waals surface area contributed by atoms with E-state index in [1.165, 1.54) is 12.1 Å². The summed E-state index contributed by atoms with van der Waals surface area (Å²) >= 11 is 0. The second-order valence-electron chi connectivity index (χ2n) is 3.73. The molecule has 2 nitrogen and oxygen atoms in total. The van der Waals surface area contributed by atoms with Crippen molar-refractivity contribution in [2.45, 2.75) is 24.9 Å². The molecule has 76 valence electrons. The summed E-state index contributed by atoms with van der Waals surface area (Å²) in [6.45, 7) is 0.178. The van der Waals surface area contributed by atoms with Crippen LogP contribution in [0.15, 0.2) is 24.3 Å². The van der Waals surface area contributed by atoms with Gasteiger partial charge in [0.25, 0.3) is 0 Å². The number of aliphatic hydroxyl groups is 1. The van der Waals surface area contributed by atoms with Crippen LogP contribution in [0.5, 0.6) is 0 Å². The molecule has 1 aromatic rings. The lowest BCUT2D eigenvalue weighted by molar-refractivity contribution is 0.251. The standard InChI is InChI=1S/C11H14FNO/c12-9-3-1-8(2-4-9)11-6-5-10(7-14)13-11/h1-4,10-11,13-14H,5-7H2/t10-,11+/m1/s1. The zero-order valence-electron chi connectivity index (χ0n) is 7.91. The highest BCUT2D eigenvalue weighted by molar-refractivity contribution is 5.21. The van der Waals surface area contributed by atoms with Crippen LogP contribution in [0.1, 0.15) is 24.4 Å². The number of rotatable bonds is 2. The summed E-state index contributed by atoms with van der Waals surface area (Å²) in [5.74, 6) is -0.203. The van der Waals surface area contributed by atoms with Crippen molar-refractivity contribution in [1.82, 2.24) is 5.32 Å². The maximum Gasteiger partial charge on any atom is 0.123 e. The number of hydrogen-bond acceptors (Lipinski definition) is 2. The van der Waals surface area contributed by atoms with E-state index >= 15 is 0 Å². The van der Waals surface area contributed by atoms with E-state index in [1.807, 2.05) is 0 Å². The van der Waals surface area contributed by atoms with Gasteiger partial charge >= 0.3 is 0 Å². The van der Waals surface area contributed by atoms with Gasteiger partial charge in [-0.15, -0.1) is 0 Å². The molecule has 0 amide bonds. The second kappa shape index (κ2) is 4.07. The molecule has 2 N–H and O–H groups in total. The Balaban J connectivity index is 2.06. The van der Waals surface area contributed by atoms with Crippen molar-refractivity contribution in [3.63, 3.8) is 0 Å². The van der Waals surface area contributed by atoms with Gasteiger partial charge in [-0.05, 0) is 30.5 Å². The minimum atomic E-state index is -0.203. The number of nitrogens with one attached hydrogen (secondary N) is 1. The minimum Gasteiger partial charge on any atom is -0.395 e. The highest BCUT2D eigenvalue weighted by atomic mass is 19.1. The Bertz CT molecular complexity index is 299. The first-order valence-corrected chi connectivity index (χ1v) is 4.92. The van der Waals surface area contributed by atoms with Crippen LogP contribution in [0.2, 0.25) is 0 Å². The highest BCUT2D eigenvalue weighted by Gasteiger charge is 2.23. The van der Waals surface area contributed by atoms with Crippen LogP contribution in [0.25, 0.3) is 0 Å². The third-order valence-corrected chi connectivity index (χ3v) is 2.73. The summed E-state index contributed by atoms with van der Waals surface area (Å²) < 4.78 is 12.7. The molecule has 1 aromatic carbocycles. The summed E-state index contributed by atoms with van der Waals surface area (Å²) in [7, 11) is 0. The molecule has 1 aliphatic heterocycles. The third-order valence-electron chi connectivity index (χ3n) is 2.73. The van der Waals surface area contributed by atoms with Gasteiger partial charge < -0.3 is 10.4 Å². The first-order chi connectivity index (χ1) is 6.79. The highest BCUT2D eigenvalue weighted by Crippen LogP contribution is 2.26. The number of halogens is 1. The van der Waals surface area contributed by atoms with E-state index in [4.69, 9.17) is 5.11 Å². The maximum absolute atomic E-state index is 12.7. The van der Waals surface area contributed by atoms with E-state index in [9.17, 15) is 4.39 Å². The molecule has 0 aromatic heterocycles. The van der Waals surface area contributed by atoms with E-state index < -0.39 is 0 Å². The Hall–Kier alpha value is -0.930. The Morgan fingerprint density at radius 2 is 2.00 bits per heavy atom. The zero-order chi connectivity index (χ0) is 9.97. The molecular weight excluding hydrogens is 181 g/mol. The number of benzene rings is 1. The molecule has 1 heterocycles. The van der Waals surface area contributed by atoms with Crippen LogP contribution >= 0.6 is 0 Å². The van der Waals surface area contributed by atoms with Crippen molar-refractivity contribution < 1.29 is 9.50 Å². The van der Waals surface area contributed by atoms with Crippen LogP contribution in [0, 0.1) is 5.82 Å². The molecule has 1 saturated heterocycles. The topological polar surface area (TPSA) is 32.3 Å². The van der Waals surface area contributed by atoms with Gasteiger partial charge in [0.15, 0.2) is 0 Å². The van der Waals surface area contributed by atoms with E-state index in [0.29, 0.717) is 0 Å². The fourth-order valence-electron chi connectivity index (χ4n) is 1.92. The first kappa shape index (κ1) is 9.62. The smallest absolute Gasteiger partial charge is 0.123 e. The summed E-state index contributed by atoms with van der Waals surface area (Å²) in [4.78, 5) is 0. The van der Waals surface area contributed by atoms with Crippen LogP contribution in [0.4, 0.5) is 4.39 Å². The van der Waals surface area contributed by atoms with Crippen LogP contribution in [0.3, 0.4) is 0 Å². The predicted molar refractivity (Wildman–Crippen MR) is 52.4 cm³/mol. The van der Waals surface area contributed by atoms with Gasteiger partial charge in [0.1, 0.15) is 5.82 Å². The number of aliphatic hydroxyl groups excluding tert-OH is 1. The molecule has 2 rings (SSSR count). The van der Waals surface area contributed by atoms with Crippen molar-refractivity contribution in [2.75, 3.05) is 6.61 Å². The molecule has 1 fully saturated rings. The summed E-state index contributed by atoms with van der Waals surface area (Å²) in [5, 5.41) is 12.3. The molecule has 0 bridgehead atoms. The van der Waals surface area contributed by atoms with Gasteiger partial charge in [0, 0.05) is 12.1 Å². The molecule has 1 aliphatic rings. The van der Waals surface area contributed by atoms with Gasteiger partial charge in [-0.2, -0.15) is 0 Å². The monoisotopic (exact) mass is 195 g/mol. The fourth-order valence-corrected chi connectivity index (χ4v) is 1.92. The Labute approximate surface area is 82.8 Å². The van der Waals surface area contributed by atoms with Crippen LogP contribution in [-0.2, 0) is 0 Å². The summed E-state index contributed by atoms with van der Waals surface area (Å²) in [6.07, 6.45) is 2.00. The van der Waals surface area contributed by atoms with Crippen molar-refractivity contribution >= 4 is 0 Å². The van der Waals surface area contributed by atoms with Crippen molar-refractivity contribution in [3.05, 3.63) is 35.6 Å². The molecule has 0 radical (unpaired) electrons. The average Bonchev–Trinajstić information content (AvgIpc) is 2.67. The molecule has 0 aliphatic carbocycles. The predicted octanol–water partition coefficient (Wildman–Crippen LogP) is 1.61. The van der Waals surface area contributed by atoms with Gasteiger partial charge in [-0.3, -0.25) is 0 Å². The normalized spacial score (nSPS) is 26.7. The van der Waals surface area contributed by atoms with Crippen molar-refractivity contribution in [2.24, 2.45) is 0 Å². The third kappa shape index (κ3) is 1.94. The minimum absolute atomic E-state index is 0.178. The van der Waals surface area contributed by atoms with Crippen molar-refractivity contribution in [3.8, 4) is 0 Å². The lowest BCUT2D eigenvalue weighted by Gasteiger charge is -2.12. The van der Waals surface area contributed by atoms with Gasteiger partial charge in [-0.25, -0.2) is 4.39 Å². The largest absolute Gasteiger partial charge is 0.395 e. The second-order valence-corrected chi connectivity index (χ2v) is 3.73. The SMILES string of the molecule is OC[C@H]1CC[C@@H](c2ccc(F)cc2)N1. The molecular formula is C11H14FNO. The fraction of sp³-hybridized carbons (Fsp3) is 0.455. The van der Waals surface area contributed by atoms with Crippen LogP contribution in [-0.4, -0.2) is 17.8 Å². The first-order valence-electron chi connectivity index (χ1n) is 4.92. The van der Waals surface area contributed by atoms with E-state index in [2.05, 4.69) is 5.32 Å². The Kier molecular flexibility index (Phi) is 2.79. The van der Waals surface area contributed by atoms with Gasteiger partial charge in [0.2, 0.25) is 0 Å². The lowest BCUT2D eigenvalue weighted by atomic mass is 10.1. The summed E-state index contributed by atoms with van der Waals surface area (Å²) in [6, 6.07) is 7.02. The van der Waals surface area contributed by atoms with Gasteiger partial charge in [-0.1, -0.05) is 12.1 Å². The molecule has 0 spiro atoms. The molecule has 14 heavy (non-hydrogen) atoms. The molecule has 0 unspecified atom stereocenters. The number of hydrogen-bond donors (Lipinski definition) is 2. The Morgan fingerprint density at radius 3 is 2.57 bits per heavy atom. The van der Waals surface area contributed by atoms with Crippen molar-refractivity contribution in [1.29, 1.82) is 0 Å². The van der Waals surface area contributed by atoms with E-state index in [-0.39, 0.29) is 24.5 Å². The van der Waals surface area contributed by atoms with E-state index in [1.54, 1.807) is 12.1 Å². The molecule has 2 atom stereocenters. The van der Waals surface area contributed by atoms with Gasteiger partial charge in [0.05, 0.1) is 6.61 Å². The van der Waals surface area contributed by atoms with E-state index in [0.717, 1.165) is 18.4 Å². The maximum atomic E-state index is 12.7. The quantitative estimate of drug-likeness (QED) is 0.751. The molecule has 0 saturated carbocycles. The average molecular weight is 195 g/mol. The lowest BCUT2D eigenvalue weighted by Crippen LogP contribution is -2.27.